The molecule has 4 N–H and O–H groups in total. The fourth-order valence-corrected chi connectivity index (χ4v) is 3.82. The molecule has 0 saturated carbocycles. The zero-order valence-electron chi connectivity index (χ0n) is 22.2. The van der Waals surface area contributed by atoms with Crippen molar-refractivity contribution >= 4 is 16.9 Å². The number of alkyl halides is 6. The Morgan fingerprint density at radius 2 is 1.66 bits per heavy atom. The lowest BCUT2D eigenvalue weighted by Gasteiger charge is -2.26. The number of carbonyl (C=O) groups is 1. The van der Waals surface area contributed by atoms with Crippen LogP contribution in [0.25, 0.3) is 22.2 Å². The predicted octanol–water partition coefficient (Wildman–Crippen LogP) is 5.04. The van der Waals surface area contributed by atoms with E-state index in [0.717, 1.165) is 22.2 Å². The minimum absolute atomic E-state index is 0.00613. The molecule has 0 bridgehead atoms. The van der Waals surface area contributed by atoms with Gasteiger partial charge in [0.2, 0.25) is 0 Å². The van der Waals surface area contributed by atoms with Crippen LogP contribution in [0.4, 0.5) is 26.3 Å². The molecule has 226 valence electrons. The van der Waals surface area contributed by atoms with Crippen molar-refractivity contribution in [2.45, 2.75) is 57.3 Å². The summed E-state index contributed by atoms with van der Waals surface area (Å²) in [5, 5.41) is 0.841. The van der Waals surface area contributed by atoms with E-state index in [0.29, 0.717) is 0 Å². The SMILES string of the molecule is CC(C)n1c(-c2cccnc2)cc2ccc(OCCC(F)(F)OC(F)(F)OC(F)(F)CCOC(=O)C(N)CN)cc21. The van der Waals surface area contributed by atoms with Crippen LogP contribution < -0.4 is 16.2 Å². The summed E-state index contributed by atoms with van der Waals surface area (Å²) in [4.78, 5) is 15.4. The number of fused-ring (bicyclic) bond motifs is 1. The molecule has 0 aliphatic rings. The van der Waals surface area contributed by atoms with Crippen LogP contribution in [0.2, 0.25) is 0 Å². The van der Waals surface area contributed by atoms with Gasteiger partial charge in [0, 0.05) is 42.0 Å². The van der Waals surface area contributed by atoms with Gasteiger partial charge in [-0.1, -0.05) is 0 Å². The largest absolute Gasteiger partial charge is 0.494 e. The van der Waals surface area contributed by atoms with Crippen LogP contribution in [-0.2, 0) is 19.0 Å². The van der Waals surface area contributed by atoms with E-state index in [1.54, 1.807) is 30.6 Å². The summed E-state index contributed by atoms with van der Waals surface area (Å²) in [5.41, 5.74) is 12.8. The number of aromatic nitrogens is 2. The molecule has 0 radical (unpaired) electrons. The molecule has 2 aromatic heterocycles. The molecule has 1 atom stereocenters. The van der Waals surface area contributed by atoms with Crippen LogP contribution in [0.1, 0.15) is 32.7 Å². The van der Waals surface area contributed by atoms with Gasteiger partial charge in [0.05, 0.1) is 37.3 Å². The van der Waals surface area contributed by atoms with Crippen LogP contribution in [0.15, 0.2) is 48.8 Å². The van der Waals surface area contributed by atoms with E-state index in [1.165, 1.54) is 6.07 Å². The van der Waals surface area contributed by atoms with Crippen molar-refractivity contribution in [2.24, 2.45) is 11.5 Å². The van der Waals surface area contributed by atoms with Gasteiger partial charge in [0.25, 0.3) is 0 Å². The number of pyridine rings is 1. The summed E-state index contributed by atoms with van der Waals surface area (Å²) in [7, 11) is 0. The summed E-state index contributed by atoms with van der Waals surface area (Å²) < 4.78 is 101. The molecule has 3 aromatic rings. The number of rotatable bonds is 15. The molecule has 2 heterocycles. The molecule has 0 spiro atoms. The Morgan fingerprint density at radius 1 is 1.00 bits per heavy atom. The number of hydrogen-bond donors (Lipinski definition) is 2. The zero-order chi connectivity index (χ0) is 30.4. The Balaban J connectivity index is 1.59. The lowest BCUT2D eigenvalue weighted by atomic mass is 10.2. The average Bonchev–Trinajstić information content (AvgIpc) is 3.26. The molecule has 9 nitrogen and oxygen atoms in total. The molecule has 0 fully saturated rings. The number of nitrogens with zero attached hydrogens (tertiary/aromatic N) is 2. The monoisotopic (exact) mass is 592 g/mol. The van der Waals surface area contributed by atoms with Crippen LogP contribution in [-0.4, -0.2) is 59.8 Å². The first-order valence-corrected chi connectivity index (χ1v) is 12.5. The van der Waals surface area contributed by atoms with E-state index >= 15 is 0 Å². The second-order valence-corrected chi connectivity index (χ2v) is 9.26. The number of ether oxygens (including phenoxy) is 4. The smallest absolute Gasteiger partial charge is 0.493 e. The number of esters is 1. The van der Waals surface area contributed by atoms with Gasteiger partial charge in [-0.15, -0.1) is 8.78 Å². The predicted molar refractivity (Wildman–Crippen MR) is 135 cm³/mol. The van der Waals surface area contributed by atoms with Gasteiger partial charge >= 0.3 is 24.5 Å². The van der Waals surface area contributed by atoms with Gasteiger partial charge in [-0.2, -0.15) is 17.6 Å². The Labute approximate surface area is 231 Å². The summed E-state index contributed by atoms with van der Waals surface area (Å²) in [6.07, 6.45) is -14.3. The molecular formula is C26H30F6N4O5. The van der Waals surface area contributed by atoms with Crippen LogP contribution >= 0.6 is 0 Å². The highest BCUT2D eigenvalue weighted by atomic mass is 19.3. The molecule has 1 aromatic carbocycles. The van der Waals surface area contributed by atoms with E-state index in [9.17, 15) is 31.1 Å². The zero-order valence-corrected chi connectivity index (χ0v) is 22.2. The fraction of sp³-hybridized carbons (Fsp3) is 0.462. The van der Waals surface area contributed by atoms with Crippen LogP contribution in [0.3, 0.4) is 0 Å². The highest BCUT2D eigenvalue weighted by Crippen LogP contribution is 2.37. The minimum Gasteiger partial charge on any atom is -0.493 e. The summed E-state index contributed by atoms with van der Waals surface area (Å²) in [6.45, 7) is 1.69. The molecule has 0 amide bonds. The Hall–Kier alpha value is -3.40. The number of benzene rings is 1. The number of hydrogen-bond acceptors (Lipinski definition) is 8. The van der Waals surface area contributed by atoms with E-state index in [2.05, 4.69) is 19.2 Å². The highest BCUT2D eigenvalue weighted by molar-refractivity contribution is 5.88. The Kier molecular flexibility index (Phi) is 10.2. The normalized spacial score (nSPS) is 13.5. The first-order valence-electron chi connectivity index (χ1n) is 12.5. The summed E-state index contributed by atoms with van der Waals surface area (Å²) >= 11 is 0. The lowest BCUT2D eigenvalue weighted by Crippen LogP contribution is -2.42. The van der Waals surface area contributed by atoms with Gasteiger partial charge in [-0.05, 0) is 44.2 Å². The molecule has 41 heavy (non-hydrogen) atoms. The van der Waals surface area contributed by atoms with Crippen molar-refractivity contribution in [3.05, 3.63) is 48.8 Å². The van der Waals surface area contributed by atoms with Gasteiger partial charge in [-0.25, -0.2) is 9.47 Å². The third kappa shape index (κ3) is 9.05. The van der Waals surface area contributed by atoms with Crippen molar-refractivity contribution < 1.29 is 50.1 Å². The van der Waals surface area contributed by atoms with Crippen molar-refractivity contribution in [3.63, 3.8) is 0 Å². The first kappa shape index (κ1) is 32.1. The molecule has 0 aliphatic heterocycles. The van der Waals surface area contributed by atoms with E-state index in [-0.39, 0.29) is 18.3 Å². The minimum atomic E-state index is -5.38. The van der Waals surface area contributed by atoms with Gasteiger partial charge < -0.3 is 25.5 Å². The standard InChI is InChI=1S/C26H30F6N4O5/c1-16(2)36-21(18-4-3-9-35-15-18)12-17-5-6-19(13-22(17)36)38-10-7-24(27,28)40-26(31,32)41-25(29,30)8-11-39-23(37)20(34)14-33/h3-6,9,12-13,15-16,20H,7-8,10-11,14,33-34H2,1-2H3. The van der Waals surface area contributed by atoms with Gasteiger partial charge in [0.1, 0.15) is 11.8 Å². The van der Waals surface area contributed by atoms with E-state index in [4.69, 9.17) is 16.2 Å². The Morgan fingerprint density at radius 3 is 2.24 bits per heavy atom. The molecular weight excluding hydrogens is 562 g/mol. The topological polar surface area (TPSA) is 124 Å². The third-order valence-electron chi connectivity index (χ3n) is 5.68. The maximum atomic E-state index is 14.1. The summed E-state index contributed by atoms with van der Waals surface area (Å²) in [5.74, 6) is -0.979. The molecule has 0 saturated heterocycles. The highest BCUT2D eigenvalue weighted by Gasteiger charge is 2.52. The van der Waals surface area contributed by atoms with Crippen molar-refractivity contribution in [1.29, 1.82) is 0 Å². The van der Waals surface area contributed by atoms with Crippen molar-refractivity contribution in [3.8, 4) is 17.0 Å². The summed E-state index contributed by atoms with van der Waals surface area (Å²) in [6, 6.07) is 9.17. The quantitative estimate of drug-likeness (QED) is 0.143. The third-order valence-corrected chi connectivity index (χ3v) is 5.68. The van der Waals surface area contributed by atoms with E-state index < -0.39 is 56.6 Å². The maximum absolute atomic E-state index is 14.1. The number of carbonyl (C=O) groups excluding carboxylic acids is 1. The molecule has 0 aliphatic carbocycles. The second kappa shape index (κ2) is 13.1. The lowest BCUT2D eigenvalue weighted by molar-refractivity contribution is -0.514. The van der Waals surface area contributed by atoms with Crippen molar-refractivity contribution in [1.82, 2.24) is 9.55 Å². The van der Waals surface area contributed by atoms with E-state index in [1.807, 2.05) is 30.5 Å². The first-order chi connectivity index (χ1) is 19.1. The molecule has 15 heteroatoms. The van der Waals surface area contributed by atoms with Gasteiger partial charge in [-0.3, -0.25) is 9.78 Å². The van der Waals surface area contributed by atoms with Crippen LogP contribution in [0.5, 0.6) is 5.75 Å². The Bertz CT molecular complexity index is 1310. The number of halogens is 6. The van der Waals surface area contributed by atoms with Crippen molar-refractivity contribution in [2.75, 3.05) is 19.8 Å². The maximum Gasteiger partial charge on any atom is 0.494 e. The fourth-order valence-electron chi connectivity index (χ4n) is 3.82. The molecule has 1 unspecified atom stereocenters. The van der Waals surface area contributed by atoms with Gasteiger partial charge in [0.15, 0.2) is 0 Å². The van der Waals surface area contributed by atoms with Crippen LogP contribution in [0, 0.1) is 0 Å². The molecule has 3 rings (SSSR count). The number of nitrogens with two attached hydrogens (primary N) is 2. The average molecular weight is 593 g/mol. The second-order valence-electron chi connectivity index (χ2n) is 9.26.